The maximum atomic E-state index is 9.70. The zero-order chi connectivity index (χ0) is 13.5. The van der Waals surface area contributed by atoms with Gasteiger partial charge in [0.2, 0.25) is 0 Å². The van der Waals surface area contributed by atoms with Crippen LogP contribution in [0.3, 0.4) is 0 Å². The smallest absolute Gasteiger partial charge is 0.115 e. The van der Waals surface area contributed by atoms with Gasteiger partial charge in [0.1, 0.15) is 5.75 Å². The molecule has 0 bridgehead atoms. The van der Waals surface area contributed by atoms with Crippen molar-refractivity contribution in [2.45, 2.75) is 57.2 Å². The number of phenolic OH excluding ortho intramolecular Hbond substituents is 1. The van der Waals surface area contributed by atoms with Crippen LogP contribution in [0.5, 0.6) is 5.75 Å². The number of aromatic hydroxyl groups is 1. The monoisotopic (exact) mass is 270 g/mol. The van der Waals surface area contributed by atoms with Crippen molar-refractivity contribution in [1.82, 2.24) is 0 Å². The highest BCUT2D eigenvalue weighted by Crippen LogP contribution is 2.66. The summed E-state index contributed by atoms with van der Waals surface area (Å²) in [5, 5.41) is 9.70. The summed E-state index contributed by atoms with van der Waals surface area (Å²) in [6, 6.07) is 6.06. The Labute approximate surface area is 120 Å². The van der Waals surface area contributed by atoms with Crippen molar-refractivity contribution in [3.63, 3.8) is 0 Å². The van der Waals surface area contributed by atoms with E-state index < -0.39 is 0 Å². The van der Waals surface area contributed by atoms with Gasteiger partial charge in [0.15, 0.2) is 0 Å². The lowest BCUT2D eigenvalue weighted by Crippen LogP contribution is -2.42. The molecule has 6 atom stereocenters. The van der Waals surface area contributed by atoms with Crippen LogP contribution in [-0.4, -0.2) is 17.3 Å². The molecule has 1 saturated heterocycles. The first-order valence-electron chi connectivity index (χ1n) is 8.14. The number of phenols is 1. The summed E-state index contributed by atoms with van der Waals surface area (Å²) in [6.45, 7) is 2.48. The Morgan fingerprint density at radius 1 is 1.30 bits per heavy atom. The van der Waals surface area contributed by atoms with Crippen molar-refractivity contribution in [3.8, 4) is 5.75 Å². The Bertz CT molecular complexity index is 581. The fourth-order valence-corrected chi connectivity index (χ4v) is 5.87. The zero-order valence-electron chi connectivity index (χ0n) is 12.0. The van der Waals surface area contributed by atoms with E-state index in [0.717, 1.165) is 24.2 Å². The van der Waals surface area contributed by atoms with E-state index in [2.05, 4.69) is 13.0 Å². The first-order valence-corrected chi connectivity index (χ1v) is 8.14. The third-order valence-corrected chi connectivity index (χ3v) is 6.87. The van der Waals surface area contributed by atoms with Gasteiger partial charge in [-0.15, -0.1) is 0 Å². The van der Waals surface area contributed by atoms with E-state index in [1.165, 1.54) is 36.8 Å². The molecule has 3 fully saturated rings. The molecule has 4 aliphatic rings. The number of hydrogen-bond acceptors (Lipinski definition) is 2. The van der Waals surface area contributed by atoms with Gasteiger partial charge in [-0.2, -0.15) is 0 Å². The summed E-state index contributed by atoms with van der Waals surface area (Å²) in [6.07, 6.45) is 7.55. The van der Waals surface area contributed by atoms with Crippen molar-refractivity contribution >= 4 is 0 Å². The highest BCUT2D eigenvalue weighted by atomic mass is 16.6. The van der Waals surface area contributed by atoms with Gasteiger partial charge in [0.05, 0.1) is 12.2 Å². The van der Waals surface area contributed by atoms with Crippen LogP contribution in [0.25, 0.3) is 0 Å². The maximum Gasteiger partial charge on any atom is 0.115 e. The Balaban J connectivity index is 1.54. The number of rotatable bonds is 0. The molecule has 0 radical (unpaired) electrons. The van der Waals surface area contributed by atoms with Crippen LogP contribution in [-0.2, 0) is 11.2 Å². The lowest BCUT2D eigenvalue weighted by Gasteiger charge is -2.49. The third-order valence-electron chi connectivity index (χ3n) is 6.87. The summed E-state index contributed by atoms with van der Waals surface area (Å²) >= 11 is 0. The summed E-state index contributed by atoms with van der Waals surface area (Å²) in [4.78, 5) is 0. The molecule has 0 aromatic heterocycles. The molecule has 2 saturated carbocycles. The first-order chi connectivity index (χ1) is 9.67. The summed E-state index contributed by atoms with van der Waals surface area (Å²) in [5.41, 5.74) is 3.39. The minimum atomic E-state index is 0.429. The molecule has 1 aromatic rings. The van der Waals surface area contributed by atoms with Crippen LogP contribution < -0.4 is 0 Å². The molecular formula is C18H22O2. The molecule has 20 heavy (non-hydrogen) atoms. The summed E-state index contributed by atoms with van der Waals surface area (Å²) < 4.78 is 5.86. The number of fused-ring (bicyclic) bond motifs is 7. The molecule has 1 N–H and O–H groups in total. The average molecular weight is 270 g/mol. The minimum absolute atomic E-state index is 0.429. The molecular weight excluding hydrogens is 248 g/mol. The Morgan fingerprint density at radius 2 is 2.20 bits per heavy atom. The van der Waals surface area contributed by atoms with E-state index in [1.807, 2.05) is 12.1 Å². The normalized spacial score (nSPS) is 48.0. The zero-order valence-corrected chi connectivity index (χ0v) is 12.0. The molecule has 1 aliphatic heterocycles. The number of aryl methyl sites for hydroxylation is 1. The number of hydrogen-bond donors (Lipinski definition) is 1. The van der Waals surface area contributed by atoms with E-state index in [0.29, 0.717) is 23.4 Å². The van der Waals surface area contributed by atoms with E-state index in [9.17, 15) is 5.11 Å². The SMILES string of the molecule is CC12CCC3c4ccc(O)cc4CCC3C1CC1OC12. The van der Waals surface area contributed by atoms with Crippen LogP contribution in [0, 0.1) is 17.3 Å². The molecule has 106 valence electrons. The van der Waals surface area contributed by atoms with E-state index in [-0.39, 0.29) is 0 Å². The minimum Gasteiger partial charge on any atom is -0.508 e. The number of ether oxygens (including phenoxy) is 1. The second-order valence-corrected chi connectivity index (χ2v) is 7.67. The lowest BCUT2D eigenvalue weighted by molar-refractivity contribution is 0.00418. The van der Waals surface area contributed by atoms with Gasteiger partial charge >= 0.3 is 0 Å². The summed E-state index contributed by atoms with van der Waals surface area (Å²) in [5.74, 6) is 2.88. The van der Waals surface area contributed by atoms with Gasteiger partial charge in [0, 0.05) is 0 Å². The standard InChI is InChI=1S/C18H22O2/c1-18-7-6-13-12-5-3-11(19)8-10(12)2-4-14(13)15(18)9-16-17(18)20-16/h3,5,8,13-17,19H,2,4,6-7,9H2,1H3. The molecule has 0 amide bonds. The lowest BCUT2D eigenvalue weighted by atomic mass is 9.55. The fraction of sp³-hybridized carbons (Fsp3) is 0.667. The third kappa shape index (κ3) is 1.34. The van der Waals surface area contributed by atoms with Crippen molar-refractivity contribution in [2.75, 3.05) is 0 Å². The van der Waals surface area contributed by atoms with Crippen LogP contribution in [0.2, 0.25) is 0 Å². The molecule has 2 nitrogen and oxygen atoms in total. The Kier molecular flexibility index (Phi) is 2.09. The molecule has 3 aliphatic carbocycles. The first kappa shape index (κ1) is 11.6. The fourth-order valence-electron chi connectivity index (χ4n) is 5.87. The van der Waals surface area contributed by atoms with E-state index >= 15 is 0 Å². The van der Waals surface area contributed by atoms with Gasteiger partial charge in [-0.3, -0.25) is 0 Å². The van der Waals surface area contributed by atoms with Crippen LogP contribution in [0.4, 0.5) is 0 Å². The Hall–Kier alpha value is -1.02. The van der Waals surface area contributed by atoms with Gasteiger partial charge in [-0.25, -0.2) is 0 Å². The highest BCUT2D eigenvalue weighted by Gasteiger charge is 2.66. The van der Waals surface area contributed by atoms with Crippen LogP contribution in [0.1, 0.15) is 49.7 Å². The number of epoxide rings is 1. The topological polar surface area (TPSA) is 32.8 Å². The van der Waals surface area contributed by atoms with Crippen molar-refractivity contribution in [2.24, 2.45) is 17.3 Å². The van der Waals surface area contributed by atoms with Gasteiger partial charge in [-0.05, 0) is 78.5 Å². The molecule has 1 heterocycles. The van der Waals surface area contributed by atoms with Crippen LogP contribution >= 0.6 is 0 Å². The molecule has 6 unspecified atom stereocenters. The number of benzene rings is 1. The highest BCUT2D eigenvalue weighted by molar-refractivity contribution is 5.40. The second kappa shape index (κ2) is 3.59. The van der Waals surface area contributed by atoms with E-state index in [1.54, 1.807) is 0 Å². The quantitative estimate of drug-likeness (QED) is 0.730. The summed E-state index contributed by atoms with van der Waals surface area (Å²) in [7, 11) is 0. The molecule has 2 heteroatoms. The molecule has 5 rings (SSSR count). The predicted molar refractivity (Wildman–Crippen MR) is 76.8 cm³/mol. The Morgan fingerprint density at radius 3 is 3.10 bits per heavy atom. The van der Waals surface area contributed by atoms with Crippen molar-refractivity contribution in [1.29, 1.82) is 0 Å². The van der Waals surface area contributed by atoms with Gasteiger partial charge < -0.3 is 9.84 Å². The maximum absolute atomic E-state index is 9.70. The van der Waals surface area contributed by atoms with Crippen molar-refractivity contribution < 1.29 is 9.84 Å². The second-order valence-electron chi connectivity index (χ2n) is 7.67. The van der Waals surface area contributed by atoms with Crippen molar-refractivity contribution in [3.05, 3.63) is 29.3 Å². The van der Waals surface area contributed by atoms with Gasteiger partial charge in [-0.1, -0.05) is 13.0 Å². The molecule has 0 spiro atoms. The van der Waals surface area contributed by atoms with Gasteiger partial charge in [0.25, 0.3) is 0 Å². The van der Waals surface area contributed by atoms with E-state index in [4.69, 9.17) is 4.74 Å². The largest absolute Gasteiger partial charge is 0.508 e. The average Bonchev–Trinajstić information content (AvgIpc) is 3.16. The molecule has 1 aromatic carbocycles. The van der Waals surface area contributed by atoms with Crippen LogP contribution in [0.15, 0.2) is 18.2 Å². The predicted octanol–water partition coefficient (Wildman–Crippen LogP) is 3.63.